The maximum atomic E-state index is 13.7. The number of amides is 1. The average Bonchev–Trinajstić information content (AvgIpc) is 3.06. The first-order chi connectivity index (χ1) is 14.3. The first-order valence-electron chi connectivity index (χ1n) is 9.88. The molecule has 1 amide bonds. The van der Waals surface area contributed by atoms with Crippen LogP contribution < -0.4 is 5.32 Å². The summed E-state index contributed by atoms with van der Waals surface area (Å²) < 4.78 is 26.9. The molecule has 0 radical (unpaired) electrons. The molecule has 2 atom stereocenters. The SMILES string of the molecule is Cc1ccnc(S[C@@H]2C[C@@H](C(=O)NCCN(C)C)N(Cc3ccc(F)c(F)c3)C2)n1. The van der Waals surface area contributed by atoms with E-state index in [1.165, 1.54) is 6.07 Å². The van der Waals surface area contributed by atoms with E-state index in [-0.39, 0.29) is 17.2 Å². The Morgan fingerprint density at radius 1 is 1.30 bits per heavy atom. The summed E-state index contributed by atoms with van der Waals surface area (Å²) in [5.41, 5.74) is 1.53. The number of aryl methyl sites for hydroxylation is 1. The Kier molecular flexibility index (Phi) is 7.74. The summed E-state index contributed by atoms with van der Waals surface area (Å²) in [4.78, 5) is 25.6. The van der Waals surface area contributed by atoms with Crippen LogP contribution in [0.4, 0.5) is 8.78 Å². The molecule has 1 aromatic carbocycles. The van der Waals surface area contributed by atoms with Crippen molar-refractivity contribution < 1.29 is 13.6 Å². The second-order valence-corrected chi connectivity index (χ2v) is 9.01. The molecular formula is C21H27F2N5OS. The van der Waals surface area contributed by atoms with Crippen molar-refractivity contribution in [3.05, 3.63) is 53.4 Å². The number of hydrogen-bond donors (Lipinski definition) is 1. The molecule has 1 aromatic heterocycles. The zero-order valence-electron chi connectivity index (χ0n) is 17.4. The molecule has 2 heterocycles. The van der Waals surface area contributed by atoms with E-state index in [9.17, 15) is 13.6 Å². The molecule has 1 N–H and O–H groups in total. The van der Waals surface area contributed by atoms with Crippen LogP contribution in [0.5, 0.6) is 0 Å². The van der Waals surface area contributed by atoms with Gasteiger partial charge in [-0.3, -0.25) is 9.69 Å². The molecule has 0 saturated carbocycles. The maximum absolute atomic E-state index is 13.7. The van der Waals surface area contributed by atoms with Crippen LogP contribution in [0.25, 0.3) is 0 Å². The number of nitrogens with zero attached hydrogens (tertiary/aromatic N) is 4. The molecule has 0 aliphatic carbocycles. The first-order valence-corrected chi connectivity index (χ1v) is 10.8. The van der Waals surface area contributed by atoms with Gasteiger partial charge in [-0.15, -0.1) is 0 Å². The van der Waals surface area contributed by atoms with E-state index in [1.807, 2.05) is 36.9 Å². The quantitative estimate of drug-likeness (QED) is 0.643. The van der Waals surface area contributed by atoms with Crippen LogP contribution in [-0.4, -0.2) is 70.7 Å². The fourth-order valence-corrected chi connectivity index (χ4v) is 4.58. The number of nitrogens with one attached hydrogen (secondary N) is 1. The van der Waals surface area contributed by atoms with Crippen molar-refractivity contribution in [2.75, 3.05) is 33.7 Å². The number of carbonyl (C=O) groups is 1. The molecular weight excluding hydrogens is 408 g/mol. The second kappa shape index (κ2) is 10.3. The minimum atomic E-state index is -0.877. The van der Waals surface area contributed by atoms with E-state index in [0.29, 0.717) is 36.8 Å². The van der Waals surface area contributed by atoms with Crippen LogP contribution in [0.2, 0.25) is 0 Å². The van der Waals surface area contributed by atoms with Crippen LogP contribution in [-0.2, 0) is 11.3 Å². The molecule has 1 aliphatic heterocycles. The number of thioether (sulfide) groups is 1. The summed E-state index contributed by atoms with van der Waals surface area (Å²) in [6, 6.07) is 5.38. The van der Waals surface area contributed by atoms with Crippen molar-refractivity contribution in [2.24, 2.45) is 0 Å². The van der Waals surface area contributed by atoms with E-state index in [4.69, 9.17) is 0 Å². The summed E-state index contributed by atoms with van der Waals surface area (Å²) in [5, 5.41) is 3.80. The highest BCUT2D eigenvalue weighted by Crippen LogP contribution is 2.32. The number of likely N-dealkylation sites (N-methyl/N-ethyl adjacent to an activating group) is 1. The minimum absolute atomic E-state index is 0.0484. The Balaban J connectivity index is 1.71. The van der Waals surface area contributed by atoms with Crippen LogP contribution in [0, 0.1) is 18.6 Å². The normalized spacial score (nSPS) is 19.4. The van der Waals surface area contributed by atoms with Gasteiger partial charge >= 0.3 is 0 Å². The van der Waals surface area contributed by atoms with Gasteiger partial charge in [0.15, 0.2) is 16.8 Å². The summed E-state index contributed by atoms with van der Waals surface area (Å²) >= 11 is 1.55. The zero-order valence-corrected chi connectivity index (χ0v) is 18.3. The maximum Gasteiger partial charge on any atom is 0.237 e. The Labute approximate surface area is 180 Å². The van der Waals surface area contributed by atoms with Crippen molar-refractivity contribution in [3.8, 4) is 0 Å². The lowest BCUT2D eigenvalue weighted by Gasteiger charge is -2.24. The van der Waals surface area contributed by atoms with E-state index in [2.05, 4.69) is 15.3 Å². The number of aromatic nitrogens is 2. The highest BCUT2D eigenvalue weighted by atomic mass is 32.2. The van der Waals surface area contributed by atoms with E-state index in [1.54, 1.807) is 24.0 Å². The fourth-order valence-electron chi connectivity index (χ4n) is 3.42. The van der Waals surface area contributed by atoms with Crippen LogP contribution >= 0.6 is 11.8 Å². The molecule has 30 heavy (non-hydrogen) atoms. The van der Waals surface area contributed by atoms with Gasteiger partial charge in [0.25, 0.3) is 0 Å². The van der Waals surface area contributed by atoms with Crippen molar-refractivity contribution in [3.63, 3.8) is 0 Å². The van der Waals surface area contributed by atoms with Gasteiger partial charge in [0.05, 0.1) is 6.04 Å². The number of halogens is 2. The lowest BCUT2D eigenvalue weighted by Crippen LogP contribution is -2.44. The molecule has 0 bridgehead atoms. The van der Waals surface area contributed by atoms with Crippen molar-refractivity contribution >= 4 is 17.7 Å². The molecule has 1 saturated heterocycles. The summed E-state index contributed by atoms with van der Waals surface area (Å²) in [5.74, 6) is -1.80. The summed E-state index contributed by atoms with van der Waals surface area (Å²) in [6.45, 7) is 4.22. The van der Waals surface area contributed by atoms with Crippen LogP contribution in [0.1, 0.15) is 17.7 Å². The number of likely N-dealkylation sites (tertiary alicyclic amines) is 1. The molecule has 9 heteroatoms. The largest absolute Gasteiger partial charge is 0.353 e. The van der Waals surface area contributed by atoms with Crippen molar-refractivity contribution in [1.82, 2.24) is 25.1 Å². The lowest BCUT2D eigenvalue weighted by atomic mass is 10.1. The molecule has 3 rings (SSSR count). The first kappa shape index (κ1) is 22.6. The van der Waals surface area contributed by atoms with Gasteiger partial charge in [0.1, 0.15) is 0 Å². The van der Waals surface area contributed by atoms with Gasteiger partial charge in [-0.05, 0) is 51.2 Å². The monoisotopic (exact) mass is 435 g/mol. The zero-order chi connectivity index (χ0) is 21.7. The third kappa shape index (κ3) is 6.20. The number of hydrogen-bond acceptors (Lipinski definition) is 6. The molecule has 1 fully saturated rings. The molecule has 0 spiro atoms. The predicted molar refractivity (Wildman–Crippen MR) is 113 cm³/mol. The fraction of sp³-hybridized carbons (Fsp3) is 0.476. The predicted octanol–water partition coefficient (Wildman–Crippen LogP) is 2.48. The standard InChI is InChI=1S/C21H27F2N5OS/c1-14-6-7-25-21(26-14)30-16-11-19(20(29)24-8-9-27(2)3)28(13-16)12-15-4-5-17(22)18(23)10-15/h4-7,10,16,19H,8-9,11-13H2,1-3H3,(H,24,29)/t16-,19+/m1/s1. The van der Waals surface area contributed by atoms with E-state index < -0.39 is 11.6 Å². The number of rotatable bonds is 8. The molecule has 1 aliphatic rings. The van der Waals surface area contributed by atoms with Gasteiger partial charge in [0.2, 0.25) is 5.91 Å². The summed E-state index contributed by atoms with van der Waals surface area (Å²) in [6.07, 6.45) is 2.36. The van der Waals surface area contributed by atoms with Crippen LogP contribution in [0.3, 0.4) is 0 Å². The highest BCUT2D eigenvalue weighted by molar-refractivity contribution is 7.99. The number of carbonyl (C=O) groups excluding carboxylic acids is 1. The molecule has 6 nitrogen and oxygen atoms in total. The number of benzene rings is 1. The minimum Gasteiger partial charge on any atom is -0.353 e. The molecule has 162 valence electrons. The smallest absolute Gasteiger partial charge is 0.237 e. The topological polar surface area (TPSA) is 61.4 Å². The molecule has 2 aromatic rings. The van der Waals surface area contributed by atoms with Gasteiger partial charge in [-0.2, -0.15) is 0 Å². The summed E-state index contributed by atoms with van der Waals surface area (Å²) in [7, 11) is 3.90. The highest BCUT2D eigenvalue weighted by Gasteiger charge is 2.37. The van der Waals surface area contributed by atoms with Crippen LogP contribution in [0.15, 0.2) is 35.6 Å². The Morgan fingerprint density at radius 3 is 2.80 bits per heavy atom. The Bertz CT molecular complexity index is 882. The Hall–Kier alpha value is -2.10. The second-order valence-electron chi connectivity index (χ2n) is 7.74. The third-order valence-electron chi connectivity index (χ3n) is 4.94. The molecule has 0 unspecified atom stereocenters. The van der Waals surface area contributed by atoms with Crippen molar-refractivity contribution in [1.29, 1.82) is 0 Å². The Morgan fingerprint density at radius 2 is 2.10 bits per heavy atom. The van der Waals surface area contributed by atoms with Gasteiger partial charge in [-0.1, -0.05) is 17.8 Å². The third-order valence-corrected chi connectivity index (χ3v) is 6.02. The van der Waals surface area contributed by atoms with Gasteiger partial charge in [-0.25, -0.2) is 18.7 Å². The van der Waals surface area contributed by atoms with Gasteiger partial charge in [0, 0.05) is 43.3 Å². The average molecular weight is 436 g/mol. The van der Waals surface area contributed by atoms with E-state index >= 15 is 0 Å². The lowest BCUT2D eigenvalue weighted by molar-refractivity contribution is -0.125. The van der Waals surface area contributed by atoms with Crippen molar-refractivity contribution in [2.45, 2.75) is 36.3 Å². The van der Waals surface area contributed by atoms with E-state index in [0.717, 1.165) is 18.3 Å². The van der Waals surface area contributed by atoms with Gasteiger partial charge < -0.3 is 10.2 Å².